The number of aliphatic hydroxyl groups excluding tert-OH is 11. The molecule has 3 aliphatic rings. The quantitative estimate of drug-likeness (QED) is 0.0219. The molecule has 3 aliphatic heterocycles. The summed E-state index contributed by atoms with van der Waals surface area (Å²) in [7, 11) is 0. The summed E-state index contributed by atoms with van der Waals surface area (Å²) in [5, 5.41) is 120. The average Bonchev–Trinajstić information content (AvgIpc) is 1.89. The fraction of sp³-hybridized carbons (Fsp3) is 0.687. The van der Waals surface area contributed by atoms with Crippen LogP contribution in [0.3, 0.4) is 0 Å². The van der Waals surface area contributed by atoms with Crippen molar-refractivity contribution >= 4 is 5.91 Å². The maximum absolute atomic E-state index is 13.3. The summed E-state index contributed by atoms with van der Waals surface area (Å²) < 4.78 is 34.2. The highest BCUT2D eigenvalue weighted by Gasteiger charge is 2.53. The lowest BCUT2D eigenvalue weighted by atomic mass is 9.96. The minimum atomic E-state index is -1.99. The summed E-state index contributed by atoms with van der Waals surface area (Å²) in [6.45, 7) is 1.41. The van der Waals surface area contributed by atoms with E-state index in [1.165, 1.54) is 25.7 Å². The maximum atomic E-state index is 13.3. The van der Waals surface area contributed by atoms with Crippen LogP contribution in [0.5, 0.6) is 0 Å². The van der Waals surface area contributed by atoms with Crippen LogP contribution in [0.25, 0.3) is 0 Å². The van der Waals surface area contributed by atoms with Gasteiger partial charge in [0.1, 0.15) is 73.2 Å². The van der Waals surface area contributed by atoms with E-state index in [4.69, 9.17) is 28.4 Å². The molecular formula is C67H109NO18. The first-order valence-corrected chi connectivity index (χ1v) is 31.8. The summed E-state index contributed by atoms with van der Waals surface area (Å²) in [5.74, 6) is -0.306. The maximum Gasteiger partial charge on any atom is 0.220 e. The Labute approximate surface area is 512 Å². The molecule has 0 saturated carbocycles. The van der Waals surface area contributed by atoms with Crippen LogP contribution in [0.15, 0.2) is 122 Å². The van der Waals surface area contributed by atoms with Gasteiger partial charge in [0.15, 0.2) is 18.9 Å². The van der Waals surface area contributed by atoms with Crippen LogP contribution in [-0.2, 0) is 33.2 Å². The van der Waals surface area contributed by atoms with Gasteiger partial charge in [-0.1, -0.05) is 180 Å². The van der Waals surface area contributed by atoms with Gasteiger partial charge in [-0.25, -0.2) is 0 Å². The summed E-state index contributed by atoms with van der Waals surface area (Å²) >= 11 is 0. The third-order valence-corrected chi connectivity index (χ3v) is 15.0. The Morgan fingerprint density at radius 2 is 0.779 bits per heavy atom. The molecule has 0 radical (unpaired) electrons. The summed E-state index contributed by atoms with van der Waals surface area (Å²) in [5.41, 5.74) is 0. The van der Waals surface area contributed by atoms with E-state index in [-0.39, 0.29) is 18.9 Å². The minimum Gasteiger partial charge on any atom is -0.394 e. The van der Waals surface area contributed by atoms with Crippen molar-refractivity contribution in [3.05, 3.63) is 122 Å². The Kier molecular flexibility index (Phi) is 42.7. The van der Waals surface area contributed by atoms with Crippen molar-refractivity contribution in [3.63, 3.8) is 0 Å². The SMILES string of the molecule is CC/C=C\C/C=C\C/C=C\C/C=C\C/C=C\C/C=C\C/C=C\CCCCCCCCCCCC(=O)NC(COC1OC(CO)C(OC2OC(CO)C(OC3OC(CO)C(O)C(O)C3O)C(O)C2O)C(O)C1O)C(O)/C=C/CC/C=C/CC/C=C/CC. The number of carbonyl (C=O) groups excluding carboxylic acids is 1. The van der Waals surface area contributed by atoms with Gasteiger partial charge in [0, 0.05) is 6.42 Å². The second-order valence-corrected chi connectivity index (χ2v) is 22.1. The summed E-state index contributed by atoms with van der Waals surface area (Å²) in [6.07, 6.45) is 37.8. The zero-order chi connectivity index (χ0) is 62.6. The number of nitrogens with one attached hydrogen (secondary N) is 1. The molecule has 19 nitrogen and oxygen atoms in total. The number of rotatable bonds is 45. The molecule has 0 aliphatic carbocycles. The lowest BCUT2D eigenvalue weighted by Crippen LogP contribution is -2.66. The van der Waals surface area contributed by atoms with E-state index in [9.17, 15) is 61.0 Å². The van der Waals surface area contributed by atoms with E-state index in [0.29, 0.717) is 12.8 Å². The molecule has 3 rings (SSSR count). The third kappa shape index (κ3) is 30.6. The number of amides is 1. The molecule has 0 bridgehead atoms. The second kappa shape index (κ2) is 48.1. The summed E-state index contributed by atoms with van der Waals surface area (Å²) in [4.78, 5) is 13.3. The molecule has 19 heteroatoms. The van der Waals surface area contributed by atoms with Crippen LogP contribution in [0.4, 0.5) is 0 Å². The molecule has 0 aromatic heterocycles. The topological polar surface area (TPSA) is 307 Å². The molecule has 3 saturated heterocycles. The van der Waals surface area contributed by atoms with Crippen LogP contribution in [0.1, 0.15) is 162 Å². The molecule has 1 amide bonds. The molecule has 17 unspecified atom stereocenters. The predicted octanol–water partition coefficient (Wildman–Crippen LogP) is 6.87. The summed E-state index contributed by atoms with van der Waals surface area (Å²) in [6, 6.07) is -1.01. The van der Waals surface area contributed by atoms with Crippen molar-refractivity contribution in [3.8, 4) is 0 Å². The van der Waals surface area contributed by atoms with Gasteiger partial charge in [-0.2, -0.15) is 0 Å². The Balaban J connectivity index is 1.40. The molecule has 490 valence electrons. The fourth-order valence-electron chi connectivity index (χ4n) is 9.85. The van der Waals surface area contributed by atoms with Gasteiger partial charge in [-0.15, -0.1) is 0 Å². The van der Waals surface area contributed by atoms with E-state index in [2.05, 4.69) is 129 Å². The molecular weight excluding hydrogens is 1110 g/mol. The number of hydrogen-bond acceptors (Lipinski definition) is 18. The number of allylic oxidation sites excluding steroid dienone is 19. The van der Waals surface area contributed by atoms with Crippen LogP contribution in [-0.4, -0.2) is 193 Å². The molecule has 3 fully saturated rings. The molecule has 3 heterocycles. The first kappa shape index (κ1) is 76.4. The molecule has 0 aromatic rings. The van der Waals surface area contributed by atoms with Gasteiger partial charge in [0.05, 0.1) is 38.6 Å². The zero-order valence-electron chi connectivity index (χ0n) is 51.2. The number of aliphatic hydroxyl groups is 11. The van der Waals surface area contributed by atoms with Crippen molar-refractivity contribution in [2.75, 3.05) is 26.4 Å². The van der Waals surface area contributed by atoms with Gasteiger partial charge < -0.3 is 89.9 Å². The lowest BCUT2D eigenvalue weighted by Gasteiger charge is -2.48. The number of carbonyl (C=O) groups is 1. The van der Waals surface area contributed by atoms with Crippen molar-refractivity contribution < 1.29 is 89.4 Å². The second-order valence-electron chi connectivity index (χ2n) is 22.1. The van der Waals surface area contributed by atoms with Gasteiger partial charge in [-0.3, -0.25) is 4.79 Å². The third-order valence-electron chi connectivity index (χ3n) is 15.0. The molecule has 0 aromatic carbocycles. The standard InChI is InChI=1S/C67H109NO18/c1-3-5-7-9-11-13-15-16-17-18-19-20-21-22-23-24-25-26-27-28-29-30-31-32-33-34-35-37-39-41-43-45-55(73)68-50(51(72)44-42-40-38-36-14-12-10-8-6-4-2)49-81-65-61(79)58(76)63(53(47-70)83-65)86-67-62(80)59(77)64(54(48-71)84-67)85-66-60(78)57(75)56(74)52(46-69)82-66/h5-8,11,13-14,16-17,19-20,22-23,25-26,28-29,36,42,44,50-54,56-67,69-72,74-80H,3-4,9-10,12,15,18,21,24,27,30-35,37-41,43,45-49H2,1-2H3,(H,68,73)/b7-5-,8-6+,13-11-,17-16-,20-19-,23-22-,26-25-,29-28-,36-14+,44-42+. The van der Waals surface area contributed by atoms with E-state index in [1.54, 1.807) is 12.2 Å². The zero-order valence-corrected chi connectivity index (χ0v) is 51.2. The number of hydrogen-bond donors (Lipinski definition) is 12. The Morgan fingerprint density at radius 3 is 1.26 bits per heavy atom. The normalized spacial score (nSPS) is 29.6. The lowest BCUT2D eigenvalue weighted by molar-refractivity contribution is -0.379. The van der Waals surface area contributed by atoms with Crippen LogP contribution in [0, 0.1) is 0 Å². The largest absolute Gasteiger partial charge is 0.394 e. The van der Waals surface area contributed by atoms with Crippen LogP contribution < -0.4 is 5.32 Å². The van der Waals surface area contributed by atoms with Crippen molar-refractivity contribution in [1.29, 1.82) is 0 Å². The number of unbranched alkanes of at least 4 members (excludes halogenated alkanes) is 11. The monoisotopic (exact) mass is 1220 g/mol. The van der Waals surface area contributed by atoms with Crippen LogP contribution >= 0.6 is 0 Å². The van der Waals surface area contributed by atoms with Gasteiger partial charge in [0.25, 0.3) is 0 Å². The van der Waals surface area contributed by atoms with E-state index in [0.717, 1.165) is 103 Å². The molecule has 0 spiro atoms. The molecule has 86 heavy (non-hydrogen) atoms. The molecule has 17 atom stereocenters. The molecule has 12 N–H and O–H groups in total. The van der Waals surface area contributed by atoms with Gasteiger partial charge >= 0.3 is 0 Å². The van der Waals surface area contributed by atoms with Gasteiger partial charge in [-0.05, 0) is 96.3 Å². The smallest absolute Gasteiger partial charge is 0.220 e. The average molecular weight is 1220 g/mol. The first-order chi connectivity index (χ1) is 41.8. The number of ether oxygens (including phenoxy) is 6. The fourth-order valence-corrected chi connectivity index (χ4v) is 9.85. The van der Waals surface area contributed by atoms with Crippen molar-refractivity contribution in [1.82, 2.24) is 5.32 Å². The van der Waals surface area contributed by atoms with Gasteiger partial charge in [0.2, 0.25) is 5.91 Å². The highest BCUT2D eigenvalue weighted by Crippen LogP contribution is 2.33. The van der Waals surface area contributed by atoms with E-state index < -0.39 is 124 Å². The first-order valence-electron chi connectivity index (χ1n) is 31.8. The highest BCUT2D eigenvalue weighted by atomic mass is 16.8. The van der Waals surface area contributed by atoms with E-state index >= 15 is 0 Å². The Morgan fingerprint density at radius 1 is 0.419 bits per heavy atom. The Bertz CT molecular complexity index is 2030. The Hall–Kier alpha value is -3.81. The minimum absolute atomic E-state index is 0.215. The van der Waals surface area contributed by atoms with Crippen molar-refractivity contribution in [2.24, 2.45) is 0 Å². The van der Waals surface area contributed by atoms with E-state index in [1.807, 2.05) is 0 Å². The predicted molar refractivity (Wildman–Crippen MR) is 332 cm³/mol. The van der Waals surface area contributed by atoms with Crippen LogP contribution in [0.2, 0.25) is 0 Å². The highest BCUT2D eigenvalue weighted by molar-refractivity contribution is 5.76. The van der Waals surface area contributed by atoms with Crippen molar-refractivity contribution in [2.45, 2.75) is 266 Å².